The van der Waals surface area contributed by atoms with E-state index < -0.39 is 18.4 Å². The molecular weight excluding hydrogens is 306 g/mol. The maximum Gasteiger partial charge on any atom is 0.191 e. The summed E-state index contributed by atoms with van der Waals surface area (Å²) >= 11 is 1.55. The fourth-order valence-corrected chi connectivity index (χ4v) is 3.09. The van der Waals surface area contributed by atoms with Gasteiger partial charge in [0.1, 0.15) is 12.3 Å². The number of thioether (sulfide) groups is 1. The first-order valence-electron chi connectivity index (χ1n) is 7.17. The summed E-state index contributed by atoms with van der Waals surface area (Å²) in [5.41, 5.74) is 1.32. The molecule has 0 bridgehead atoms. The van der Waals surface area contributed by atoms with Gasteiger partial charge in [-0.25, -0.2) is 15.0 Å². The molecule has 0 aromatic carbocycles. The van der Waals surface area contributed by atoms with Gasteiger partial charge in [-0.3, -0.25) is 4.57 Å². The number of nitrogens with one attached hydrogen (secondary N) is 1. The normalized spacial score (nSPS) is 25.0. The standard InChI is InChI=1S/C13H19N5O3S/c1-3-22-13-16-11(14-2)10-12(17-13)18(6-15-10)9-4-7(20)8(5-19)21-9/h6-9,19-20H,3-5H2,1-2H3,(H,14,16,17)/t7-,8+,9+/m0/s1. The van der Waals surface area contributed by atoms with Crippen LogP contribution in [0.15, 0.2) is 11.5 Å². The van der Waals surface area contributed by atoms with Gasteiger partial charge in [0, 0.05) is 13.5 Å². The average molecular weight is 325 g/mol. The molecule has 0 spiro atoms. The topological polar surface area (TPSA) is 105 Å². The average Bonchev–Trinajstić information content (AvgIpc) is 3.09. The molecule has 1 fully saturated rings. The lowest BCUT2D eigenvalue weighted by molar-refractivity contribution is -0.0432. The number of hydrogen-bond donors (Lipinski definition) is 3. The summed E-state index contributed by atoms with van der Waals surface area (Å²) in [6.45, 7) is 1.83. The van der Waals surface area contributed by atoms with Crippen molar-refractivity contribution in [1.82, 2.24) is 19.5 Å². The zero-order valence-electron chi connectivity index (χ0n) is 12.4. The van der Waals surface area contributed by atoms with E-state index in [9.17, 15) is 10.2 Å². The van der Waals surface area contributed by atoms with Crippen LogP contribution in [0.5, 0.6) is 0 Å². The summed E-state index contributed by atoms with van der Waals surface area (Å²) < 4.78 is 7.47. The van der Waals surface area contributed by atoms with Crippen LogP contribution in [0.2, 0.25) is 0 Å². The van der Waals surface area contributed by atoms with Crippen LogP contribution in [0.4, 0.5) is 5.82 Å². The Balaban J connectivity index is 2.02. The minimum absolute atomic E-state index is 0.210. The minimum Gasteiger partial charge on any atom is -0.394 e. The van der Waals surface area contributed by atoms with Crippen LogP contribution in [-0.4, -0.2) is 61.3 Å². The highest BCUT2D eigenvalue weighted by atomic mass is 32.2. The molecule has 9 heteroatoms. The highest BCUT2D eigenvalue weighted by molar-refractivity contribution is 7.99. The molecule has 22 heavy (non-hydrogen) atoms. The molecule has 3 N–H and O–H groups in total. The van der Waals surface area contributed by atoms with Gasteiger partial charge < -0.3 is 20.3 Å². The second kappa shape index (κ2) is 6.37. The number of aliphatic hydroxyl groups is 2. The van der Waals surface area contributed by atoms with Crippen LogP contribution in [-0.2, 0) is 4.74 Å². The second-order valence-corrected chi connectivity index (χ2v) is 6.21. The van der Waals surface area contributed by atoms with Gasteiger partial charge in [0.25, 0.3) is 0 Å². The molecule has 2 aromatic rings. The Hall–Kier alpha value is -1.42. The molecule has 0 unspecified atom stereocenters. The van der Waals surface area contributed by atoms with Crippen molar-refractivity contribution in [2.45, 2.75) is 36.9 Å². The van der Waals surface area contributed by atoms with Gasteiger partial charge in [0.2, 0.25) is 0 Å². The third kappa shape index (κ3) is 2.65. The predicted molar refractivity (Wildman–Crippen MR) is 82.9 cm³/mol. The van der Waals surface area contributed by atoms with Crippen molar-refractivity contribution in [3.05, 3.63) is 6.33 Å². The molecule has 1 aliphatic rings. The van der Waals surface area contributed by atoms with Gasteiger partial charge in [0.15, 0.2) is 22.1 Å². The number of ether oxygens (including phenoxy) is 1. The monoisotopic (exact) mass is 325 g/mol. The molecule has 3 rings (SSSR count). The lowest BCUT2D eigenvalue weighted by atomic mass is 10.2. The molecular formula is C13H19N5O3S. The summed E-state index contributed by atoms with van der Waals surface area (Å²) in [6.07, 6.45) is 0.375. The lowest BCUT2D eigenvalue weighted by Crippen LogP contribution is -2.24. The van der Waals surface area contributed by atoms with E-state index in [4.69, 9.17) is 4.74 Å². The summed E-state index contributed by atoms with van der Waals surface area (Å²) in [5, 5.41) is 22.8. The van der Waals surface area contributed by atoms with Crippen LogP contribution < -0.4 is 5.32 Å². The predicted octanol–water partition coefficient (Wildman–Crippen LogP) is 0.621. The zero-order chi connectivity index (χ0) is 15.7. The van der Waals surface area contributed by atoms with Crippen LogP contribution >= 0.6 is 11.8 Å². The van der Waals surface area contributed by atoms with E-state index in [0.29, 0.717) is 28.6 Å². The van der Waals surface area contributed by atoms with Crippen molar-refractivity contribution in [3.63, 3.8) is 0 Å². The van der Waals surface area contributed by atoms with E-state index in [-0.39, 0.29) is 6.61 Å². The van der Waals surface area contributed by atoms with E-state index in [2.05, 4.69) is 20.3 Å². The highest BCUT2D eigenvalue weighted by Crippen LogP contribution is 2.32. The lowest BCUT2D eigenvalue weighted by Gasteiger charge is -2.14. The molecule has 1 aliphatic heterocycles. The molecule has 3 atom stereocenters. The van der Waals surface area contributed by atoms with Crippen molar-refractivity contribution in [2.75, 3.05) is 24.7 Å². The minimum atomic E-state index is -0.692. The maximum absolute atomic E-state index is 9.90. The molecule has 120 valence electrons. The van der Waals surface area contributed by atoms with Crippen LogP contribution in [0.1, 0.15) is 19.6 Å². The van der Waals surface area contributed by atoms with Crippen molar-refractivity contribution < 1.29 is 14.9 Å². The van der Waals surface area contributed by atoms with Gasteiger partial charge in [-0.1, -0.05) is 18.7 Å². The van der Waals surface area contributed by atoms with Crippen LogP contribution in [0, 0.1) is 0 Å². The van der Waals surface area contributed by atoms with E-state index in [1.165, 1.54) is 0 Å². The maximum atomic E-state index is 9.90. The number of rotatable bonds is 5. The summed E-state index contributed by atoms with van der Waals surface area (Å²) in [6, 6.07) is 0. The van der Waals surface area contributed by atoms with Crippen molar-refractivity contribution in [2.24, 2.45) is 0 Å². The first-order valence-corrected chi connectivity index (χ1v) is 8.16. The van der Waals surface area contributed by atoms with Gasteiger partial charge in [-0.15, -0.1) is 0 Å². The third-order valence-electron chi connectivity index (χ3n) is 3.61. The van der Waals surface area contributed by atoms with Gasteiger partial charge in [0.05, 0.1) is 19.0 Å². The number of imidazole rings is 1. The Morgan fingerprint density at radius 3 is 2.95 bits per heavy atom. The first-order chi connectivity index (χ1) is 10.7. The van der Waals surface area contributed by atoms with Gasteiger partial charge >= 0.3 is 0 Å². The van der Waals surface area contributed by atoms with Gasteiger partial charge in [-0.05, 0) is 5.75 Å². The number of nitrogens with zero attached hydrogens (tertiary/aromatic N) is 4. The zero-order valence-corrected chi connectivity index (χ0v) is 13.2. The second-order valence-electron chi connectivity index (χ2n) is 4.98. The molecule has 0 amide bonds. The Labute approximate surface area is 131 Å². The number of aromatic nitrogens is 4. The van der Waals surface area contributed by atoms with E-state index in [1.807, 2.05) is 6.92 Å². The van der Waals surface area contributed by atoms with Crippen molar-refractivity contribution in [3.8, 4) is 0 Å². The van der Waals surface area contributed by atoms with Crippen LogP contribution in [0.3, 0.4) is 0 Å². The molecule has 2 aromatic heterocycles. The Bertz CT molecular complexity index is 664. The van der Waals surface area contributed by atoms with Crippen LogP contribution in [0.25, 0.3) is 11.2 Å². The molecule has 0 aliphatic carbocycles. The van der Waals surface area contributed by atoms with E-state index >= 15 is 0 Å². The number of anilines is 1. The van der Waals surface area contributed by atoms with Crippen molar-refractivity contribution in [1.29, 1.82) is 0 Å². The highest BCUT2D eigenvalue weighted by Gasteiger charge is 2.35. The Morgan fingerprint density at radius 2 is 2.32 bits per heavy atom. The molecule has 0 radical (unpaired) electrons. The van der Waals surface area contributed by atoms with E-state index in [1.54, 1.807) is 29.7 Å². The fraction of sp³-hybridized carbons (Fsp3) is 0.615. The Morgan fingerprint density at radius 1 is 1.50 bits per heavy atom. The molecule has 8 nitrogen and oxygen atoms in total. The third-order valence-corrected chi connectivity index (χ3v) is 4.33. The number of aliphatic hydroxyl groups excluding tert-OH is 2. The van der Waals surface area contributed by atoms with E-state index in [0.717, 1.165) is 5.75 Å². The largest absolute Gasteiger partial charge is 0.394 e. The summed E-state index contributed by atoms with van der Waals surface area (Å²) in [7, 11) is 1.79. The van der Waals surface area contributed by atoms with Gasteiger partial charge in [-0.2, -0.15) is 0 Å². The SMILES string of the molecule is CCSc1nc(NC)c2ncn([C@H]3C[C@H](O)[C@@H](CO)O3)c2n1. The number of fused-ring (bicyclic) bond motifs is 1. The molecule has 3 heterocycles. The molecule has 0 saturated carbocycles. The number of hydrogen-bond acceptors (Lipinski definition) is 8. The molecule has 1 saturated heterocycles. The summed E-state index contributed by atoms with van der Waals surface area (Å²) in [5.74, 6) is 1.53. The van der Waals surface area contributed by atoms with Crippen molar-refractivity contribution >= 4 is 28.7 Å². The fourth-order valence-electron chi connectivity index (χ4n) is 2.53. The smallest absolute Gasteiger partial charge is 0.191 e. The summed E-state index contributed by atoms with van der Waals surface area (Å²) in [4.78, 5) is 13.3. The quantitative estimate of drug-likeness (QED) is 0.543. The Kier molecular flexibility index (Phi) is 4.48. The first kappa shape index (κ1) is 15.5.